The Morgan fingerprint density at radius 3 is 2.65 bits per heavy atom. The quantitative estimate of drug-likeness (QED) is 0.819. The Balaban J connectivity index is 2.75. The van der Waals surface area contributed by atoms with Gasteiger partial charge in [0.1, 0.15) is 0 Å². The van der Waals surface area contributed by atoms with Crippen LogP contribution in [0.4, 0.5) is 27.9 Å². The molecule has 1 heterocycles. The van der Waals surface area contributed by atoms with Crippen LogP contribution < -0.4 is 10.1 Å². The lowest BCUT2D eigenvalue weighted by molar-refractivity contribution is -0.149. The van der Waals surface area contributed by atoms with E-state index >= 15 is 0 Å². The van der Waals surface area contributed by atoms with Gasteiger partial charge in [0.05, 0.1) is 6.20 Å². The molecule has 4 nitrogen and oxygen atoms in total. The average Bonchev–Trinajstić information content (AvgIpc) is 2.28. The van der Waals surface area contributed by atoms with Gasteiger partial charge < -0.3 is 10.1 Å². The zero-order valence-corrected chi connectivity index (χ0v) is 8.55. The monoisotopic (exact) mass is 257 g/mol. The van der Waals surface area contributed by atoms with Crippen LogP contribution in [0.1, 0.15) is 0 Å². The van der Waals surface area contributed by atoms with Gasteiger partial charge in [0.2, 0.25) is 11.8 Å². The van der Waals surface area contributed by atoms with Crippen molar-refractivity contribution < 1.29 is 26.7 Å². The summed E-state index contributed by atoms with van der Waals surface area (Å²) in [6, 6.07) is 0. The molecular weight excluding hydrogens is 249 g/mol. The lowest BCUT2D eigenvalue weighted by Gasteiger charge is -2.15. The zero-order chi connectivity index (χ0) is 13.1. The highest BCUT2D eigenvalue weighted by Gasteiger charge is 2.42. The number of alkyl halides is 4. The lowest BCUT2D eigenvalue weighted by Crippen LogP contribution is -2.34. The lowest BCUT2D eigenvalue weighted by atomic mass is 10.4. The van der Waals surface area contributed by atoms with Crippen LogP contribution in [-0.4, -0.2) is 36.0 Å². The van der Waals surface area contributed by atoms with E-state index in [1.165, 1.54) is 7.05 Å². The van der Waals surface area contributed by atoms with Crippen molar-refractivity contribution in [2.24, 2.45) is 0 Å². The summed E-state index contributed by atoms with van der Waals surface area (Å²) in [5.41, 5.74) is 0. The maximum atomic E-state index is 13.0. The maximum Gasteiger partial charge on any atom is 0.340 e. The predicted octanol–water partition coefficient (Wildman–Crippen LogP) is 1.94. The molecule has 0 atom stereocenters. The number of ether oxygens (including phenoxy) is 1. The maximum absolute atomic E-state index is 13.0. The molecular formula is C8H8F5N3O. The molecule has 0 radical (unpaired) electrons. The summed E-state index contributed by atoms with van der Waals surface area (Å²) in [5.74, 6) is -6.38. The molecule has 0 unspecified atom stereocenters. The van der Waals surface area contributed by atoms with Crippen molar-refractivity contribution in [3.05, 3.63) is 12.0 Å². The number of nitrogens with zero attached hydrogens (tertiary/aromatic N) is 2. The highest BCUT2D eigenvalue weighted by molar-refractivity contribution is 5.27. The molecule has 0 saturated carbocycles. The van der Waals surface area contributed by atoms with Crippen LogP contribution in [0.2, 0.25) is 0 Å². The first-order chi connectivity index (χ1) is 7.86. The fraction of sp³-hybridized carbons (Fsp3) is 0.500. The summed E-state index contributed by atoms with van der Waals surface area (Å²) in [6.07, 6.45) is -3.22. The van der Waals surface area contributed by atoms with Crippen LogP contribution in [0.15, 0.2) is 6.20 Å². The largest absolute Gasteiger partial charge is 0.469 e. The molecule has 0 aliphatic rings. The number of rotatable bonds is 5. The van der Waals surface area contributed by atoms with E-state index in [0.29, 0.717) is 6.20 Å². The van der Waals surface area contributed by atoms with Crippen molar-refractivity contribution in [3.8, 4) is 5.88 Å². The second-order valence-corrected chi connectivity index (χ2v) is 2.95. The Hall–Kier alpha value is -1.67. The molecule has 1 N–H and O–H groups in total. The molecule has 1 aromatic heterocycles. The van der Waals surface area contributed by atoms with Crippen molar-refractivity contribution in [1.29, 1.82) is 0 Å². The Morgan fingerprint density at radius 2 is 2.12 bits per heavy atom. The van der Waals surface area contributed by atoms with E-state index in [1.54, 1.807) is 0 Å². The van der Waals surface area contributed by atoms with Crippen LogP contribution in [0.5, 0.6) is 5.88 Å². The van der Waals surface area contributed by atoms with Gasteiger partial charge in [0.15, 0.2) is 6.61 Å². The van der Waals surface area contributed by atoms with Gasteiger partial charge >= 0.3 is 12.3 Å². The summed E-state index contributed by atoms with van der Waals surface area (Å²) in [5, 5.41) is 2.41. The first-order valence-corrected chi connectivity index (χ1v) is 4.36. The summed E-state index contributed by atoms with van der Waals surface area (Å²) in [4.78, 5) is 6.78. The molecule has 0 spiro atoms. The van der Waals surface area contributed by atoms with Crippen LogP contribution in [-0.2, 0) is 0 Å². The molecule has 0 amide bonds. The molecule has 0 aromatic carbocycles. The van der Waals surface area contributed by atoms with Gasteiger partial charge in [-0.3, -0.25) is 0 Å². The van der Waals surface area contributed by atoms with E-state index in [4.69, 9.17) is 0 Å². The van der Waals surface area contributed by atoms with Gasteiger partial charge in [-0.05, 0) is 0 Å². The molecule has 0 aliphatic carbocycles. The number of nitrogens with one attached hydrogen (secondary N) is 1. The number of aromatic nitrogens is 2. The number of hydrogen-bond donors (Lipinski definition) is 1. The van der Waals surface area contributed by atoms with Crippen molar-refractivity contribution >= 4 is 5.95 Å². The van der Waals surface area contributed by atoms with Crippen molar-refractivity contribution in [2.45, 2.75) is 12.3 Å². The van der Waals surface area contributed by atoms with Gasteiger partial charge in [-0.15, -0.1) is 0 Å². The summed E-state index contributed by atoms with van der Waals surface area (Å²) < 4.78 is 65.7. The van der Waals surface area contributed by atoms with Crippen molar-refractivity contribution in [1.82, 2.24) is 9.97 Å². The van der Waals surface area contributed by atoms with Crippen LogP contribution >= 0.6 is 0 Å². The Morgan fingerprint density at radius 1 is 1.47 bits per heavy atom. The van der Waals surface area contributed by atoms with E-state index in [0.717, 1.165) is 0 Å². The van der Waals surface area contributed by atoms with E-state index in [1.807, 2.05) is 0 Å². The first kappa shape index (κ1) is 13.4. The van der Waals surface area contributed by atoms with Gasteiger partial charge in [0.25, 0.3) is 5.88 Å². The fourth-order valence-electron chi connectivity index (χ4n) is 0.801. The molecule has 0 aliphatic heterocycles. The second kappa shape index (κ2) is 5.11. The fourth-order valence-corrected chi connectivity index (χ4v) is 0.801. The van der Waals surface area contributed by atoms with E-state index < -0.39 is 30.7 Å². The molecule has 1 rings (SSSR count). The topological polar surface area (TPSA) is 47.0 Å². The molecule has 0 saturated heterocycles. The van der Waals surface area contributed by atoms with Crippen molar-refractivity contribution in [2.75, 3.05) is 19.0 Å². The van der Waals surface area contributed by atoms with Gasteiger partial charge in [-0.25, -0.2) is 13.8 Å². The summed E-state index contributed by atoms with van der Waals surface area (Å²) in [6.45, 7) is -1.66. The third kappa shape index (κ3) is 3.40. The number of hydrogen-bond acceptors (Lipinski definition) is 4. The second-order valence-electron chi connectivity index (χ2n) is 2.95. The highest BCUT2D eigenvalue weighted by Crippen LogP contribution is 2.24. The minimum atomic E-state index is -4.36. The minimum absolute atomic E-state index is 0.0817. The van der Waals surface area contributed by atoms with Gasteiger partial charge in [-0.2, -0.15) is 18.2 Å². The average molecular weight is 257 g/mol. The highest BCUT2D eigenvalue weighted by atomic mass is 19.3. The van der Waals surface area contributed by atoms with Crippen molar-refractivity contribution in [3.63, 3.8) is 0 Å². The number of halogens is 5. The molecule has 96 valence electrons. The Kier molecular flexibility index (Phi) is 4.02. The summed E-state index contributed by atoms with van der Waals surface area (Å²) >= 11 is 0. The molecule has 1 aromatic rings. The predicted molar refractivity (Wildman–Crippen MR) is 48.0 cm³/mol. The zero-order valence-electron chi connectivity index (χ0n) is 8.55. The third-order valence-corrected chi connectivity index (χ3v) is 1.66. The van der Waals surface area contributed by atoms with Gasteiger partial charge in [0, 0.05) is 7.05 Å². The van der Waals surface area contributed by atoms with E-state index in [-0.39, 0.29) is 5.95 Å². The molecule has 0 bridgehead atoms. The number of anilines is 1. The Bertz CT molecular complexity index is 387. The van der Waals surface area contributed by atoms with Crippen LogP contribution in [0, 0.1) is 5.82 Å². The van der Waals surface area contributed by atoms with E-state index in [2.05, 4.69) is 20.0 Å². The SMILES string of the molecule is CNc1ncc(F)c(OCC(F)(F)C(F)F)n1. The standard InChI is InChI=1S/C8H8F5N3O/c1-14-7-15-2-4(9)5(16-7)17-3-8(12,13)6(10)11/h2,6H,3H2,1H3,(H,14,15,16). The minimum Gasteiger partial charge on any atom is -0.469 e. The third-order valence-electron chi connectivity index (χ3n) is 1.66. The first-order valence-electron chi connectivity index (χ1n) is 4.36. The molecule has 0 fully saturated rings. The van der Waals surface area contributed by atoms with Gasteiger partial charge in [-0.1, -0.05) is 0 Å². The Labute approximate surface area is 92.8 Å². The smallest absolute Gasteiger partial charge is 0.340 e. The normalized spacial score (nSPS) is 11.7. The van der Waals surface area contributed by atoms with E-state index in [9.17, 15) is 22.0 Å². The molecule has 9 heteroatoms. The van der Waals surface area contributed by atoms with Crippen LogP contribution in [0.25, 0.3) is 0 Å². The summed E-state index contributed by atoms with van der Waals surface area (Å²) in [7, 11) is 1.41. The van der Waals surface area contributed by atoms with Crippen LogP contribution in [0.3, 0.4) is 0 Å². The molecule has 17 heavy (non-hydrogen) atoms.